The molecule has 0 amide bonds. The van der Waals surface area contributed by atoms with Crippen LogP contribution in [0.1, 0.15) is 24.5 Å². The van der Waals surface area contributed by atoms with E-state index in [-0.39, 0.29) is 0 Å². The minimum absolute atomic E-state index is 0.564. The third-order valence-electron chi connectivity index (χ3n) is 6.37. The van der Waals surface area contributed by atoms with E-state index in [9.17, 15) is 0 Å². The first-order valence-electron chi connectivity index (χ1n) is 11.8. The van der Waals surface area contributed by atoms with E-state index in [1.54, 1.807) is 7.11 Å². The van der Waals surface area contributed by atoms with Crippen molar-refractivity contribution >= 4 is 5.96 Å². The normalized spacial score (nSPS) is 21.1. The van der Waals surface area contributed by atoms with Crippen LogP contribution >= 0.6 is 0 Å². The Labute approximate surface area is 188 Å². The highest BCUT2D eigenvalue weighted by atomic mass is 16.5. The molecule has 2 fully saturated rings. The van der Waals surface area contributed by atoms with Crippen molar-refractivity contribution in [3.05, 3.63) is 35.4 Å². The molecule has 31 heavy (non-hydrogen) atoms. The van der Waals surface area contributed by atoms with E-state index in [0.29, 0.717) is 19.1 Å². The van der Waals surface area contributed by atoms with Gasteiger partial charge in [-0.3, -0.25) is 9.89 Å². The third-order valence-corrected chi connectivity index (χ3v) is 6.37. The summed E-state index contributed by atoms with van der Waals surface area (Å²) < 4.78 is 10.7. The number of piperazine rings is 1. The third kappa shape index (κ3) is 7.75. The Morgan fingerprint density at radius 3 is 2.42 bits per heavy atom. The molecular weight excluding hydrogens is 390 g/mol. The quantitative estimate of drug-likeness (QED) is 0.347. The Kier molecular flexibility index (Phi) is 10.1. The Morgan fingerprint density at radius 1 is 1.03 bits per heavy atom. The fraction of sp³-hybridized carbons (Fsp3) is 0.708. The van der Waals surface area contributed by atoms with Gasteiger partial charge in [-0.2, -0.15) is 0 Å². The van der Waals surface area contributed by atoms with Crippen LogP contribution in [0, 0.1) is 5.92 Å². The molecule has 2 heterocycles. The number of hydrogen-bond donors (Lipinski definition) is 1. The number of rotatable bonds is 10. The highest BCUT2D eigenvalue weighted by Crippen LogP contribution is 2.17. The minimum Gasteiger partial charge on any atom is -0.382 e. The van der Waals surface area contributed by atoms with E-state index >= 15 is 0 Å². The van der Waals surface area contributed by atoms with Crippen LogP contribution in [0.2, 0.25) is 0 Å². The van der Waals surface area contributed by atoms with Crippen LogP contribution in [0.5, 0.6) is 0 Å². The highest BCUT2D eigenvalue weighted by Gasteiger charge is 2.25. The van der Waals surface area contributed by atoms with Crippen LogP contribution in [0.3, 0.4) is 0 Å². The standard InChI is InChI=1S/C24H41N5O2/c1-4-27-11-13-28(14-12-27)18-22-7-5-21(6-8-22)17-26-24(25-2)29-10-9-23(19-29)20-31-16-15-30-3/h5-8,23H,4,9-20H2,1-3H3,(H,25,26). The molecule has 0 bridgehead atoms. The number of benzene rings is 1. The van der Waals surface area contributed by atoms with Crippen LogP contribution in [0.25, 0.3) is 0 Å². The Balaban J connectivity index is 1.39. The highest BCUT2D eigenvalue weighted by molar-refractivity contribution is 5.80. The largest absolute Gasteiger partial charge is 0.382 e. The van der Waals surface area contributed by atoms with Gasteiger partial charge in [-0.15, -0.1) is 0 Å². The maximum Gasteiger partial charge on any atom is 0.193 e. The molecule has 1 atom stereocenters. The molecule has 7 heteroatoms. The van der Waals surface area contributed by atoms with Crippen LogP contribution in [0.15, 0.2) is 29.3 Å². The molecule has 2 saturated heterocycles. The van der Waals surface area contributed by atoms with E-state index in [2.05, 4.69) is 56.2 Å². The van der Waals surface area contributed by atoms with Crippen molar-refractivity contribution in [1.29, 1.82) is 0 Å². The fourth-order valence-electron chi connectivity index (χ4n) is 4.35. The van der Waals surface area contributed by atoms with Gasteiger partial charge in [-0.25, -0.2) is 0 Å². The van der Waals surface area contributed by atoms with Crippen molar-refractivity contribution in [2.24, 2.45) is 10.9 Å². The number of aliphatic imine (C=N–C) groups is 1. The molecule has 1 aromatic rings. The van der Waals surface area contributed by atoms with E-state index in [4.69, 9.17) is 9.47 Å². The predicted molar refractivity (Wildman–Crippen MR) is 126 cm³/mol. The molecular formula is C24H41N5O2. The summed E-state index contributed by atoms with van der Waals surface area (Å²) in [6, 6.07) is 9.03. The van der Waals surface area contributed by atoms with Crippen molar-refractivity contribution < 1.29 is 9.47 Å². The van der Waals surface area contributed by atoms with Gasteiger partial charge in [0.15, 0.2) is 5.96 Å². The molecule has 0 saturated carbocycles. The van der Waals surface area contributed by atoms with Gasteiger partial charge in [0.2, 0.25) is 0 Å². The molecule has 2 aliphatic heterocycles. The first kappa shape index (κ1) is 24.0. The van der Waals surface area contributed by atoms with Gasteiger partial charge in [0.25, 0.3) is 0 Å². The molecule has 7 nitrogen and oxygen atoms in total. The fourth-order valence-corrected chi connectivity index (χ4v) is 4.35. The second-order valence-electron chi connectivity index (χ2n) is 8.60. The summed E-state index contributed by atoms with van der Waals surface area (Å²) in [7, 11) is 3.57. The number of guanidine groups is 1. The van der Waals surface area contributed by atoms with Crippen molar-refractivity contribution in [1.82, 2.24) is 20.0 Å². The van der Waals surface area contributed by atoms with E-state index in [0.717, 1.165) is 45.2 Å². The van der Waals surface area contributed by atoms with Crippen molar-refractivity contribution in [2.45, 2.75) is 26.4 Å². The van der Waals surface area contributed by atoms with Crippen LogP contribution in [0.4, 0.5) is 0 Å². The molecule has 1 aromatic carbocycles. The van der Waals surface area contributed by atoms with Crippen LogP contribution in [-0.2, 0) is 22.6 Å². The number of hydrogen-bond acceptors (Lipinski definition) is 5. The summed E-state index contributed by atoms with van der Waals surface area (Å²) in [6.45, 7) is 14.1. The van der Waals surface area contributed by atoms with Gasteiger partial charge in [-0.05, 0) is 24.1 Å². The molecule has 2 aliphatic rings. The average Bonchev–Trinajstić information content (AvgIpc) is 3.27. The smallest absolute Gasteiger partial charge is 0.193 e. The molecule has 0 aromatic heterocycles. The number of likely N-dealkylation sites (N-methyl/N-ethyl adjacent to an activating group) is 1. The van der Waals surface area contributed by atoms with Gasteiger partial charge in [-0.1, -0.05) is 31.2 Å². The summed E-state index contributed by atoms with van der Waals surface area (Å²) in [5.74, 6) is 1.55. The predicted octanol–water partition coefficient (Wildman–Crippen LogP) is 1.88. The number of likely N-dealkylation sites (tertiary alicyclic amines) is 1. The van der Waals surface area contributed by atoms with E-state index in [1.165, 1.54) is 43.9 Å². The lowest BCUT2D eigenvalue weighted by Crippen LogP contribution is -2.45. The lowest BCUT2D eigenvalue weighted by Gasteiger charge is -2.34. The van der Waals surface area contributed by atoms with Crippen molar-refractivity contribution in [3.8, 4) is 0 Å². The number of nitrogens with one attached hydrogen (secondary N) is 1. The van der Waals surface area contributed by atoms with Gasteiger partial charge in [0.1, 0.15) is 0 Å². The topological polar surface area (TPSA) is 52.6 Å². The van der Waals surface area contributed by atoms with Crippen LogP contribution in [-0.4, -0.2) is 100 Å². The second kappa shape index (κ2) is 13.0. The average molecular weight is 432 g/mol. The number of nitrogens with zero attached hydrogens (tertiary/aromatic N) is 4. The Hall–Kier alpha value is -1.67. The van der Waals surface area contributed by atoms with Crippen molar-refractivity contribution in [2.75, 3.05) is 79.8 Å². The lowest BCUT2D eigenvalue weighted by atomic mass is 10.1. The zero-order valence-electron chi connectivity index (χ0n) is 19.7. The van der Waals surface area contributed by atoms with Gasteiger partial charge < -0.3 is 24.6 Å². The summed E-state index contributed by atoms with van der Waals surface area (Å²) in [6.07, 6.45) is 1.15. The maximum absolute atomic E-state index is 5.71. The molecule has 3 rings (SSSR count). The summed E-state index contributed by atoms with van der Waals surface area (Å²) >= 11 is 0. The number of ether oxygens (including phenoxy) is 2. The molecule has 1 unspecified atom stereocenters. The maximum atomic E-state index is 5.71. The summed E-state index contributed by atoms with van der Waals surface area (Å²) in [4.78, 5) is 11.9. The zero-order chi connectivity index (χ0) is 21.9. The Morgan fingerprint density at radius 2 is 1.74 bits per heavy atom. The molecule has 1 N–H and O–H groups in total. The summed E-state index contributed by atoms with van der Waals surface area (Å²) in [5.41, 5.74) is 2.69. The van der Waals surface area contributed by atoms with Gasteiger partial charge in [0, 0.05) is 72.4 Å². The van der Waals surface area contributed by atoms with Gasteiger partial charge >= 0.3 is 0 Å². The van der Waals surface area contributed by atoms with E-state index in [1.807, 2.05) is 7.05 Å². The monoisotopic (exact) mass is 431 g/mol. The zero-order valence-corrected chi connectivity index (χ0v) is 19.7. The second-order valence-corrected chi connectivity index (χ2v) is 8.60. The van der Waals surface area contributed by atoms with E-state index < -0.39 is 0 Å². The lowest BCUT2D eigenvalue weighted by molar-refractivity contribution is 0.0536. The SMILES string of the molecule is CCN1CCN(Cc2ccc(CNC(=NC)N3CCC(COCCOC)C3)cc2)CC1. The summed E-state index contributed by atoms with van der Waals surface area (Å²) in [5, 5.41) is 3.54. The molecule has 0 spiro atoms. The molecule has 0 aliphatic carbocycles. The Bertz CT molecular complexity index is 658. The number of methoxy groups -OCH3 is 1. The first-order chi connectivity index (χ1) is 15.2. The molecule has 174 valence electrons. The first-order valence-corrected chi connectivity index (χ1v) is 11.8. The van der Waals surface area contributed by atoms with Gasteiger partial charge in [0.05, 0.1) is 19.8 Å². The van der Waals surface area contributed by atoms with Crippen LogP contribution < -0.4 is 5.32 Å². The van der Waals surface area contributed by atoms with Crippen molar-refractivity contribution in [3.63, 3.8) is 0 Å². The molecule has 0 radical (unpaired) electrons. The minimum atomic E-state index is 0.564.